The first kappa shape index (κ1) is 16.1. The van der Waals surface area contributed by atoms with Crippen molar-refractivity contribution in [3.63, 3.8) is 0 Å². The summed E-state index contributed by atoms with van der Waals surface area (Å²) in [7, 11) is 1.57. The number of nitrogens with one attached hydrogen (secondary N) is 2. The molecule has 0 spiro atoms. The maximum atomic E-state index is 12.2. The van der Waals surface area contributed by atoms with Crippen LogP contribution in [-0.2, 0) is 0 Å². The van der Waals surface area contributed by atoms with Gasteiger partial charge in [0, 0.05) is 23.8 Å². The molecule has 3 rings (SSSR count). The van der Waals surface area contributed by atoms with Crippen molar-refractivity contribution in [2.45, 2.75) is 6.04 Å². The number of thiophene rings is 1. The minimum Gasteiger partial charge on any atom is -0.495 e. The van der Waals surface area contributed by atoms with E-state index in [1.807, 2.05) is 46.6 Å². The molecule has 24 heavy (non-hydrogen) atoms. The average Bonchev–Trinajstić information content (AvgIpc) is 3.30. The van der Waals surface area contributed by atoms with Crippen molar-refractivity contribution in [2.24, 2.45) is 0 Å². The molecule has 1 atom stereocenters. The summed E-state index contributed by atoms with van der Waals surface area (Å²) in [4.78, 5) is 13.4. The summed E-state index contributed by atoms with van der Waals surface area (Å²) in [6.45, 7) is 0.434. The highest BCUT2D eigenvalue weighted by molar-refractivity contribution is 7.10. The number of nitrogens with zero attached hydrogens (tertiary/aromatic N) is 2. The van der Waals surface area contributed by atoms with Gasteiger partial charge in [-0.2, -0.15) is 5.10 Å². The van der Waals surface area contributed by atoms with Gasteiger partial charge in [-0.05, 0) is 29.6 Å². The second-order valence-electron chi connectivity index (χ2n) is 5.05. The maximum absolute atomic E-state index is 12.2. The van der Waals surface area contributed by atoms with Gasteiger partial charge in [0.05, 0.1) is 12.8 Å². The molecule has 0 aliphatic carbocycles. The molecule has 0 saturated heterocycles. The number of aromatic nitrogens is 2. The number of benzene rings is 1. The van der Waals surface area contributed by atoms with E-state index in [-0.39, 0.29) is 12.1 Å². The lowest BCUT2D eigenvalue weighted by molar-refractivity contribution is 0.250. The first-order valence-electron chi connectivity index (χ1n) is 7.48. The number of hydrogen-bond acceptors (Lipinski definition) is 4. The Hall–Kier alpha value is -2.80. The highest BCUT2D eigenvalue weighted by atomic mass is 32.1. The quantitative estimate of drug-likeness (QED) is 0.722. The topological polar surface area (TPSA) is 68.2 Å². The third-order valence-electron chi connectivity index (χ3n) is 3.53. The van der Waals surface area contributed by atoms with E-state index in [9.17, 15) is 4.79 Å². The summed E-state index contributed by atoms with van der Waals surface area (Å²) in [5.41, 5.74) is 0.629. The number of urea groups is 1. The summed E-state index contributed by atoms with van der Waals surface area (Å²) in [6, 6.07) is 12.9. The number of para-hydroxylation sites is 2. The van der Waals surface area contributed by atoms with E-state index in [0.29, 0.717) is 18.0 Å². The van der Waals surface area contributed by atoms with Crippen LogP contribution in [0.5, 0.6) is 5.75 Å². The molecule has 2 N–H and O–H groups in total. The second-order valence-corrected chi connectivity index (χ2v) is 6.03. The third-order valence-corrected chi connectivity index (χ3v) is 4.50. The maximum Gasteiger partial charge on any atom is 0.319 e. The monoisotopic (exact) mass is 342 g/mol. The third kappa shape index (κ3) is 3.75. The molecular weight excluding hydrogens is 324 g/mol. The summed E-state index contributed by atoms with van der Waals surface area (Å²) in [5.74, 6) is 0.620. The smallest absolute Gasteiger partial charge is 0.319 e. The number of amides is 2. The van der Waals surface area contributed by atoms with Crippen molar-refractivity contribution in [3.8, 4) is 5.75 Å². The zero-order valence-corrected chi connectivity index (χ0v) is 14.0. The molecule has 2 amide bonds. The zero-order valence-electron chi connectivity index (χ0n) is 13.2. The van der Waals surface area contributed by atoms with Gasteiger partial charge in [-0.3, -0.25) is 4.68 Å². The number of rotatable bonds is 6. The van der Waals surface area contributed by atoms with Gasteiger partial charge in [-0.15, -0.1) is 11.3 Å². The van der Waals surface area contributed by atoms with Crippen LogP contribution in [0.1, 0.15) is 10.9 Å². The van der Waals surface area contributed by atoms with Gasteiger partial charge in [0.25, 0.3) is 0 Å². The number of carbonyl (C=O) groups excluding carboxylic acids is 1. The first-order valence-corrected chi connectivity index (χ1v) is 8.36. The molecule has 0 aliphatic rings. The predicted octanol–water partition coefficient (Wildman–Crippen LogP) is 3.36. The molecule has 2 heterocycles. The van der Waals surface area contributed by atoms with Crippen LogP contribution in [0.15, 0.2) is 60.2 Å². The lowest BCUT2D eigenvalue weighted by atomic mass is 10.2. The lowest BCUT2D eigenvalue weighted by Crippen LogP contribution is -2.34. The van der Waals surface area contributed by atoms with Crippen LogP contribution in [0.3, 0.4) is 0 Å². The Morgan fingerprint density at radius 3 is 2.88 bits per heavy atom. The first-order chi connectivity index (χ1) is 11.8. The largest absolute Gasteiger partial charge is 0.495 e. The van der Waals surface area contributed by atoms with E-state index in [4.69, 9.17) is 4.74 Å². The van der Waals surface area contributed by atoms with Crippen molar-refractivity contribution in [1.29, 1.82) is 0 Å². The SMILES string of the molecule is COc1ccccc1NC(=O)NC[C@@H](c1cccs1)n1cccn1. The van der Waals surface area contributed by atoms with E-state index >= 15 is 0 Å². The number of carbonyl (C=O) groups is 1. The molecule has 0 radical (unpaired) electrons. The van der Waals surface area contributed by atoms with Crippen LogP contribution in [0.2, 0.25) is 0 Å². The molecule has 3 aromatic rings. The Labute approximate surface area is 144 Å². The Morgan fingerprint density at radius 1 is 1.29 bits per heavy atom. The van der Waals surface area contributed by atoms with Crippen molar-refractivity contribution >= 4 is 23.1 Å². The van der Waals surface area contributed by atoms with Crippen LogP contribution >= 0.6 is 11.3 Å². The summed E-state index contributed by atoms with van der Waals surface area (Å²) in [5, 5.41) is 12.0. The fourth-order valence-electron chi connectivity index (χ4n) is 2.37. The van der Waals surface area contributed by atoms with Crippen molar-refractivity contribution < 1.29 is 9.53 Å². The Balaban J connectivity index is 1.65. The van der Waals surface area contributed by atoms with E-state index in [1.165, 1.54) is 0 Å². The van der Waals surface area contributed by atoms with Gasteiger partial charge in [-0.1, -0.05) is 18.2 Å². The average molecular weight is 342 g/mol. The second kappa shape index (κ2) is 7.65. The standard InChI is InChI=1S/C17H18N4O2S/c1-23-15-7-3-2-6-13(15)20-17(22)18-12-14(16-8-4-11-24-16)21-10-5-9-19-21/h2-11,14H,12H2,1H3,(H2,18,20,22)/t14-/m0/s1. The van der Waals surface area contributed by atoms with Crippen LogP contribution in [0.25, 0.3) is 0 Å². The van der Waals surface area contributed by atoms with E-state index in [1.54, 1.807) is 36.8 Å². The van der Waals surface area contributed by atoms with Crippen LogP contribution in [0, 0.1) is 0 Å². The molecular formula is C17H18N4O2S. The summed E-state index contributed by atoms with van der Waals surface area (Å²) < 4.78 is 7.08. The Morgan fingerprint density at radius 2 is 2.17 bits per heavy atom. The lowest BCUT2D eigenvalue weighted by Gasteiger charge is -2.17. The minimum absolute atomic E-state index is 0.0385. The van der Waals surface area contributed by atoms with Crippen LogP contribution in [0.4, 0.5) is 10.5 Å². The Bertz CT molecular complexity index is 738. The van der Waals surface area contributed by atoms with Gasteiger partial charge in [0.2, 0.25) is 0 Å². The van der Waals surface area contributed by atoms with Crippen LogP contribution in [-0.4, -0.2) is 29.5 Å². The highest BCUT2D eigenvalue weighted by Gasteiger charge is 2.16. The fourth-order valence-corrected chi connectivity index (χ4v) is 3.19. The molecule has 0 aliphatic heterocycles. The molecule has 7 heteroatoms. The highest BCUT2D eigenvalue weighted by Crippen LogP contribution is 2.24. The Kier molecular flexibility index (Phi) is 5.12. The molecule has 0 saturated carbocycles. The van der Waals surface area contributed by atoms with Crippen LogP contribution < -0.4 is 15.4 Å². The van der Waals surface area contributed by atoms with Gasteiger partial charge in [0.1, 0.15) is 11.8 Å². The van der Waals surface area contributed by atoms with E-state index in [0.717, 1.165) is 4.88 Å². The number of methoxy groups -OCH3 is 1. The predicted molar refractivity (Wildman–Crippen MR) is 94.7 cm³/mol. The molecule has 6 nitrogen and oxygen atoms in total. The normalized spacial score (nSPS) is 11.7. The molecule has 0 unspecified atom stereocenters. The fraction of sp³-hybridized carbons (Fsp3) is 0.176. The van der Waals surface area contributed by atoms with E-state index in [2.05, 4.69) is 15.7 Å². The number of hydrogen-bond donors (Lipinski definition) is 2. The van der Waals surface area contributed by atoms with Crippen molar-refractivity contribution in [1.82, 2.24) is 15.1 Å². The van der Waals surface area contributed by atoms with Crippen molar-refractivity contribution in [2.75, 3.05) is 19.0 Å². The summed E-state index contributed by atoms with van der Waals surface area (Å²) in [6.07, 6.45) is 3.62. The van der Waals surface area contributed by atoms with Gasteiger partial charge < -0.3 is 15.4 Å². The molecule has 0 fully saturated rings. The zero-order chi connectivity index (χ0) is 16.8. The summed E-state index contributed by atoms with van der Waals surface area (Å²) >= 11 is 1.64. The molecule has 1 aromatic carbocycles. The number of anilines is 1. The molecule has 0 bridgehead atoms. The van der Waals surface area contributed by atoms with Crippen molar-refractivity contribution in [3.05, 3.63) is 65.1 Å². The molecule has 2 aromatic heterocycles. The molecule has 124 valence electrons. The minimum atomic E-state index is -0.284. The number of ether oxygens (including phenoxy) is 1. The van der Waals surface area contributed by atoms with Gasteiger partial charge in [-0.25, -0.2) is 4.79 Å². The van der Waals surface area contributed by atoms with Gasteiger partial charge in [0.15, 0.2) is 0 Å². The van der Waals surface area contributed by atoms with Gasteiger partial charge >= 0.3 is 6.03 Å². The van der Waals surface area contributed by atoms with E-state index < -0.39 is 0 Å².